The van der Waals surface area contributed by atoms with E-state index in [0.717, 1.165) is 25.9 Å². The molecule has 3 heterocycles. The number of rotatable bonds is 7. The van der Waals surface area contributed by atoms with E-state index < -0.39 is 29.5 Å². The Kier molecular flexibility index (Phi) is 7.45. The van der Waals surface area contributed by atoms with Crippen molar-refractivity contribution in [3.05, 3.63) is 71.5 Å². The average molecular weight is 498 g/mol. The van der Waals surface area contributed by atoms with Gasteiger partial charge in [0.2, 0.25) is 5.78 Å². The van der Waals surface area contributed by atoms with E-state index in [1.807, 2.05) is 6.07 Å². The van der Waals surface area contributed by atoms with Crippen LogP contribution in [0.15, 0.2) is 54.6 Å². The van der Waals surface area contributed by atoms with Gasteiger partial charge >= 0.3 is 12.1 Å². The van der Waals surface area contributed by atoms with Crippen molar-refractivity contribution >= 4 is 17.8 Å². The number of nitrogens with zero attached hydrogens (tertiary/aromatic N) is 1. The smallest absolute Gasteiger partial charge is 0.408 e. The Labute approximate surface area is 211 Å². The molecule has 0 aromatic heterocycles. The SMILES string of the molecule is CC(C)(C)OC(=O)NC(C(=O)O[C@H]1C[N+]2(CC(=O)c3cccc(F)c3)CCC1CC2)c1ccccc1. The Bertz CT molecular complexity index is 1110. The molecule has 0 saturated carbocycles. The quantitative estimate of drug-likeness (QED) is 0.348. The second-order valence-corrected chi connectivity index (χ2v) is 10.9. The van der Waals surface area contributed by atoms with Crippen molar-refractivity contribution in [3.8, 4) is 0 Å². The summed E-state index contributed by atoms with van der Waals surface area (Å²) in [5, 5.41) is 2.66. The van der Waals surface area contributed by atoms with Gasteiger partial charge in [-0.05, 0) is 38.5 Å². The van der Waals surface area contributed by atoms with E-state index in [9.17, 15) is 18.8 Å². The van der Waals surface area contributed by atoms with Gasteiger partial charge in [-0.25, -0.2) is 14.0 Å². The standard InChI is InChI=1S/C28H33FN2O5/c1-28(2,3)36-27(34)30-25(20-8-5-4-6-9-20)26(33)35-24-18-31(14-12-19(24)13-15-31)17-23(32)21-10-7-11-22(29)16-21/h4-11,16,19,24-25H,12-15,17-18H2,1-3H3/p+1/t19?,24-,25?,31?/m0/s1. The van der Waals surface area contributed by atoms with Crippen molar-refractivity contribution in [1.29, 1.82) is 0 Å². The third-order valence-corrected chi connectivity index (χ3v) is 6.96. The fourth-order valence-corrected chi connectivity index (χ4v) is 5.20. The minimum Gasteiger partial charge on any atom is -0.454 e. The van der Waals surface area contributed by atoms with Crippen LogP contribution in [0.3, 0.4) is 0 Å². The molecule has 192 valence electrons. The summed E-state index contributed by atoms with van der Waals surface area (Å²) < 4.78 is 25.5. The van der Waals surface area contributed by atoms with Crippen LogP contribution < -0.4 is 5.32 Å². The number of esters is 1. The molecule has 2 bridgehead atoms. The molecule has 5 rings (SSSR count). The number of quaternary nitrogens is 1. The number of ether oxygens (including phenoxy) is 2. The van der Waals surface area contributed by atoms with Gasteiger partial charge in [-0.2, -0.15) is 0 Å². The highest BCUT2D eigenvalue weighted by atomic mass is 19.1. The predicted molar refractivity (Wildman–Crippen MR) is 132 cm³/mol. The molecule has 0 spiro atoms. The topological polar surface area (TPSA) is 81.7 Å². The zero-order valence-corrected chi connectivity index (χ0v) is 21.0. The highest BCUT2D eigenvalue weighted by molar-refractivity contribution is 5.97. The lowest BCUT2D eigenvalue weighted by molar-refractivity contribution is -0.938. The molecule has 3 fully saturated rings. The number of amides is 1. The third kappa shape index (κ3) is 6.29. The lowest BCUT2D eigenvalue weighted by Gasteiger charge is -2.51. The monoisotopic (exact) mass is 497 g/mol. The molecule has 2 atom stereocenters. The van der Waals surface area contributed by atoms with E-state index in [2.05, 4.69) is 5.32 Å². The van der Waals surface area contributed by atoms with Crippen LogP contribution in [-0.2, 0) is 14.3 Å². The first kappa shape index (κ1) is 25.8. The second-order valence-electron chi connectivity index (χ2n) is 10.9. The van der Waals surface area contributed by atoms with Crippen LogP contribution in [0.5, 0.6) is 0 Å². The van der Waals surface area contributed by atoms with Crippen LogP contribution in [0.4, 0.5) is 9.18 Å². The fourth-order valence-electron chi connectivity index (χ4n) is 5.20. The molecule has 2 aromatic rings. The van der Waals surface area contributed by atoms with Gasteiger partial charge in [-0.15, -0.1) is 0 Å². The zero-order chi connectivity index (χ0) is 25.9. The van der Waals surface area contributed by atoms with Crippen LogP contribution in [-0.4, -0.2) is 60.2 Å². The van der Waals surface area contributed by atoms with Crippen molar-refractivity contribution in [2.75, 3.05) is 26.2 Å². The van der Waals surface area contributed by atoms with E-state index in [1.165, 1.54) is 18.2 Å². The Balaban J connectivity index is 1.47. The van der Waals surface area contributed by atoms with E-state index >= 15 is 0 Å². The van der Waals surface area contributed by atoms with Crippen molar-refractivity contribution in [1.82, 2.24) is 5.32 Å². The highest BCUT2D eigenvalue weighted by Crippen LogP contribution is 2.36. The maximum Gasteiger partial charge on any atom is 0.408 e. The average Bonchev–Trinajstić information content (AvgIpc) is 2.82. The van der Waals surface area contributed by atoms with Gasteiger partial charge < -0.3 is 19.3 Å². The first-order chi connectivity index (χ1) is 17.0. The largest absolute Gasteiger partial charge is 0.454 e. The molecule has 0 aliphatic carbocycles. The van der Waals surface area contributed by atoms with Crippen LogP contribution >= 0.6 is 0 Å². The molecule has 1 amide bonds. The number of halogens is 1. The molecule has 3 aliphatic rings. The summed E-state index contributed by atoms with van der Waals surface area (Å²) in [4.78, 5) is 38.8. The highest BCUT2D eigenvalue weighted by Gasteiger charge is 2.49. The molecular weight excluding hydrogens is 463 g/mol. The molecule has 36 heavy (non-hydrogen) atoms. The first-order valence-electron chi connectivity index (χ1n) is 12.4. The third-order valence-electron chi connectivity index (χ3n) is 6.96. The summed E-state index contributed by atoms with van der Waals surface area (Å²) in [7, 11) is 0. The lowest BCUT2D eigenvalue weighted by Crippen LogP contribution is -2.66. The number of piperidine rings is 3. The van der Waals surface area contributed by atoms with Crippen molar-refractivity contribution in [3.63, 3.8) is 0 Å². The predicted octanol–water partition coefficient (Wildman–Crippen LogP) is 4.43. The number of hydrogen-bond donors (Lipinski definition) is 1. The molecule has 3 aliphatic heterocycles. The van der Waals surface area contributed by atoms with Crippen LogP contribution in [0.25, 0.3) is 0 Å². The summed E-state index contributed by atoms with van der Waals surface area (Å²) >= 11 is 0. The van der Waals surface area contributed by atoms with Gasteiger partial charge in [0.05, 0.1) is 13.1 Å². The van der Waals surface area contributed by atoms with Gasteiger partial charge in [0, 0.05) is 24.3 Å². The van der Waals surface area contributed by atoms with E-state index in [4.69, 9.17) is 9.47 Å². The van der Waals surface area contributed by atoms with Gasteiger partial charge in [-0.1, -0.05) is 42.5 Å². The van der Waals surface area contributed by atoms with Crippen LogP contribution in [0.2, 0.25) is 0 Å². The maximum atomic E-state index is 13.6. The van der Waals surface area contributed by atoms with E-state index in [1.54, 1.807) is 51.1 Å². The van der Waals surface area contributed by atoms with Crippen LogP contribution in [0.1, 0.15) is 55.6 Å². The molecule has 8 heteroatoms. The van der Waals surface area contributed by atoms with Crippen molar-refractivity contribution < 1.29 is 32.7 Å². The number of nitrogens with one attached hydrogen (secondary N) is 1. The minimum atomic E-state index is -1.01. The normalized spacial score (nSPS) is 24.0. The lowest BCUT2D eigenvalue weighted by atomic mass is 9.82. The van der Waals surface area contributed by atoms with Crippen LogP contribution in [0, 0.1) is 11.7 Å². The number of fused-ring (bicyclic) bond motifs is 3. The van der Waals surface area contributed by atoms with E-state index in [-0.39, 0.29) is 24.3 Å². The summed E-state index contributed by atoms with van der Waals surface area (Å²) in [5.74, 6) is -0.903. The zero-order valence-electron chi connectivity index (χ0n) is 21.0. The second kappa shape index (κ2) is 10.4. The number of ketones is 1. The van der Waals surface area contributed by atoms with Gasteiger partial charge in [-0.3, -0.25) is 4.79 Å². The number of alkyl carbamates (subject to hydrolysis) is 1. The fraction of sp³-hybridized carbons (Fsp3) is 0.464. The number of carbonyl (C=O) groups excluding carboxylic acids is 3. The molecule has 1 N–H and O–H groups in total. The molecule has 3 saturated heterocycles. The van der Waals surface area contributed by atoms with Gasteiger partial charge in [0.1, 0.15) is 24.5 Å². The van der Waals surface area contributed by atoms with Gasteiger partial charge in [0.15, 0.2) is 12.1 Å². The Morgan fingerprint density at radius 1 is 1.06 bits per heavy atom. The summed E-state index contributed by atoms with van der Waals surface area (Å²) in [6, 6.07) is 13.7. The molecular formula is C28H34FN2O5+. The molecule has 0 radical (unpaired) electrons. The van der Waals surface area contributed by atoms with Crippen molar-refractivity contribution in [2.45, 2.75) is 51.4 Å². The maximum absolute atomic E-state index is 13.6. The Morgan fingerprint density at radius 2 is 1.75 bits per heavy atom. The minimum absolute atomic E-state index is 0.117. The summed E-state index contributed by atoms with van der Waals surface area (Å²) in [6.45, 7) is 7.65. The summed E-state index contributed by atoms with van der Waals surface area (Å²) in [6.07, 6.45) is 0.603. The van der Waals surface area contributed by atoms with E-state index in [0.29, 0.717) is 22.2 Å². The number of carbonyl (C=O) groups is 3. The summed E-state index contributed by atoms with van der Waals surface area (Å²) in [5.41, 5.74) is 0.241. The van der Waals surface area contributed by atoms with Crippen molar-refractivity contribution in [2.24, 2.45) is 5.92 Å². The Hall–Kier alpha value is -3.26. The Morgan fingerprint density at radius 3 is 2.39 bits per heavy atom. The first-order valence-corrected chi connectivity index (χ1v) is 12.4. The number of benzene rings is 2. The molecule has 1 unspecified atom stereocenters. The molecule has 7 nitrogen and oxygen atoms in total. The number of hydrogen-bond acceptors (Lipinski definition) is 5. The number of Topliss-reactive ketones (excluding diaryl/α,β-unsaturated/α-hetero) is 1. The molecule has 2 aromatic carbocycles. The van der Waals surface area contributed by atoms with Gasteiger partial charge in [0.25, 0.3) is 0 Å².